The number of carbonyl (C=O) groups excluding carboxylic acids is 1. The van der Waals surface area contributed by atoms with Crippen LogP contribution in [0.25, 0.3) is 5.69 Å². The van der Waals surface area contributed by atoms with E-state index in [0.717, 1.165) is 12.1 Å². The van der Waals surface area contributed by atoms with Crippen LogP contribution in [0, 0.1) is 0 Å². The molecule has 1 heterocycles. The highest BCUT2D eigenvalue weighted by atomic mass is 79.9. The third kappa shape index (κ3) is 5.57. The lowest BCUT2D eigenvalue weighted by Gasteiger charge is -2.24. The maximum atomic E-state index is 12.4. The lowest BCUT2D eigenvalue weighted by Crippen LogP contribution is -2.47. The van der Waals surface area contributed by atoms with Gasteiger partial charge in [-0.25, -0.2) is 4.68 Å². The van der Waals surface area contributed by atoms with Crippen LogP contribution in [0.4, 0.5) is 0 Å². The van der Waals surface area contributed by atoms with Crippen molar-refractivity contribution in [1.29, 1.82) is 0 Å². The molecule has 6 nitrogen and oxygen atoms in total. The second-order valence-corrected chi connectivity index (χ2v) is 6.84. The molecule has 1 aromatic heterocycles. The summed E-state index contributed by atoms with van der Waals surface area (Å²) in [6.45, 7) is 7.25. The van der Waals surface area contributed by atoms with Crippen molar-refractivity contribution in [3.05, 3.63) is 41.0 Å². The number of hydrogen-bond acceptors (Lipinski definition) is 4. The van der Waals surface area contributed by atoms with Crippen LogP contribution in [-0.4, -0.2) is 41.0 Å². The van der Waals surface area contributed by atoms with E-state index in [-0.39, 0.29) is 5.91 Å². The first-order valence-electron chi connectivity index (χ1n) is 8.29. The Labute approximate surface area is 156 Å². The van der Waals surface area contributed by atoms with Crippen LogP contribution in [-0.2, 0) is 9.53 Å². The molecule has 0 aliphatic heterocycles. The van der Waals surface area contributed by atoms with Gasteiger partial charge in [-0.3, -0.25) is 4.79 Å². The van der Waals surface area contributed by atoms with E-state index in [2.05, 4.69) is 26.3 Å². The highest BCUT2D eigenvalue weighted by molar-refractivity contribution is 9.10. The van der Waals surface area contributed by atoms with Crippen molar-refractivity contribution in [3.8, 4) is 11.6 Å². The van der Waals surface area contributed by atoms with Crippen LogP contribution in [0.1, 0.15) is 27.2 Å². The number of amides is 1. The van der Waals surface area contributed by atoms with E-state index in [0.29, 0.717) is 30.1 Å². The van der Waals surface area contributed by atoms with Gasteiger partial charge in [-0.1, -0.05) is 18.2 Å². The number of hydrogen-bond donors (Lipinski definition) is 1. The number of para-hydroxylation sites is 1. The minimum atomic E-state index is -1.04. The zero-order valence-corrected chi connectivity index (χ0v) is 16.4. The van der Waals surface area contributed by atoms with Crippen LogP contribution >= 0.6 is 15.9 Å². The summed E-state index contributed by atoms with van der Waals surface area (Å²) in [5, 5.41) is 7.28. The number of nitrogens with one attached hydrogen (secondary N) is 1. The molecule has 1 amide bonds. The fourth-order valence-electron chi connectivity index (χ4n) is 2.14. The van der Waals surface area contributed by atoms with Crippen LogP contribution in [0.2, 0.25) is 0 Å². The molecule has 0 unspecified atom stereocenters. The first-order chi connectivity index (χ1) is 11.9. The summed E-state index contributed by atoms with van der Waals surface area (Å²) in [6, 6.07) is 9.70. The van der Waals surface area contributed by atoms with Gasteiger partial charge in [-0.05, 0) is 55.3 Å². The van der Waals surface area contributed by atoms with Crippen molar-refractivity contribution in [1.82, 2.24) is 15.1 Å². The van der Waals surface area contributed by atoms with E-state index in [1.54, 1.807) is 24.7 Å². The van der Waals surface area contributed by atoms with Crippen LogP contribution in [0.5, 0.6) is 5.88 Å². The Morgan fingerprint density at radius 1 is 1.32 bits per heavy atom. The predicted molar refractivity (Wildman–Crippen MR) is 100 cm³/mol. The number of aromatic nitrogens is 2. The molecular weight excluding hydrogens is 386 g/mol. The highest BCUT2D eigenvalue weighted by Gasteiger charge is 2.31. The number of benzene rings is 1. The second-order valence-electron chi connectivity index (χ2n) is 5.98. The largest absolute Gasteiger partial charge is 0.460 e. The molecule has 2 aromatic rings. The van der Waals surface area contributed by atoms with Crippen molar-refractivity contribution in [2.45, 2.75) is 32.8 Å². The number of halogens is 1. The van der Waals surface area contributed by atoms with Crippen LogP contribution in [0.3, 0.4) is 0 Å². The molecule has 0 atom stereocenters. The number of rotatable bonds is 9. The molecule has 0 saturated heterocycles. The first kappa shape index (κ1) is 19.5. The molecule has 1 N–H and O–H groups in total. The van der Waals surface area contributed by atoms with Crippen LogP contribution < -0.4 is 10.1 Å². The molecule has 0 aliphatic rings. The van der Waals surface area contributed by atoms with Crippen molar-refractivity contribution >= 4 is 21.8 Å². The van der Waals surface area contributed by atoms with Gasteiger partial charge in [0.25, 0.3) is 5.91 Å². The Kier molecular flexibility index (Phi) is 7.01. The summed E-state index contributed by atoms with van der Waals surface area (Å²) in [5.74, 6) is 0.184. The minimum absolute atomic E-state index is 0.190. The highest BCUT2D eigenvalue weighted by Crippen LogP contribution is 2.28. The van der Waals surface area contributed by atoms with Gasteiger partial charge in [0.15, 0.2) is 5.60 Å². The second kappa shape index (κ2) is 9.01. The van der Waals surface area contributed by atoms with Crippen molar-refractivity contribution in [2.24, 2.45) is 0 Å². The molecule has 25 heavy (non-hydrogen) atoms. The number of carbonyl (C=O) groups is 1. The molecular formula is C18H24BrN3O3. The minimum Gasteiger partial charge on any atom is -0.460 e. The summed E-state index contributed by atoms with van der Waals surface area (Å²) in [6.07, 6.45) is 2.57. The lowest BCUT2D eigenvalue weighted by molar-refractivity contribution is -0.134. The molecule has 0 spiro atoms. The monoisotopic (exact) mass is 409 g/mol. The number of nitrogens with zero attached hydrogens (tertiary/aromatic N) is 2. The van der Waals surface area contributed by atoms with Crippen molar-refractivity contribution < 1.29 is 14.3 Å². The zero-order valence-electron chi connectivity index (χ0n) is 14.8. The molecule has 0 aliphatic carbocycles. The van der Waals surface area contributed by atoms with Crippen molar-refractivity contribution in [2.75, 3.05) is 19.8 Å². The Morgan fingerprint density at radius 2 is 2.04 bits per heavy atom. The molecule has 7 heteroatoms. The molecule has 0 fully saturated rings. The Morgan fingerprint density at radius 3 is 2.72 bits per heavy atom. The van der Waals surface area contributed by atoms with E-state index < -0.39 is 5.60 Å². The summed E-state index contributed by atoms with van der Waals surface area (Å²) in [5.41, 5.74) is -0.125. The first-order valence-corrected chi connectivity index (χ1v) is 9.09. The van der Waals surface area contributed by atoms with Gasteiger partial charge in [0.2, 0.25) is 5.88 Å². The van der Waals surface area contributed by atoms with Gasteiger partial charge in [0.1, 0.15) is 0 Å². The fourth-order valence-corrected chi connectivity index (χ4v) is 2.49. The van der Waals surface area contributed by atoms with Gasteiger partial charge in [-0.15, -0.1) is 5.10 Å². The quantitative estimate of drug-likeness (QED) is 0.644. The smallest absolute Gasteiger partial charge is 0.263 e. The molecule has 2 rings (SSSR count). The topological polar surface area (TPSA) is 65.4 Å². The van der Waals surface area contributed by atoms with Gasteiger partial charge in [0.05, 0.1) is 10.2 Å². The summed E-state index contributed by atoms with van der Waals surface area (Å²) in [4.78, 5) is 12.4. The zero-order chi connectivity index (χ0) is 18.3. The maximum Gasteiger partial charge on any atom is 0.263 e. The Hall–Kier alpha value is -1.86. The average Bonchev–Trinajstić information content (AvgIpc) is 2.95. The normalized spacial score (nSPS) is 11.4. The lowest BCUT2D eigenvalue weighted by atomic mass is 10.1. The third-order valence-corrected chi connectivity index (χ3v) is 4.06. The standard InChI is InChI=1S/C18H24BrN3O3/c1-4-24-12-8-11-20-17(23)18(2,3)25-16-15(19)13-22(21-16)14-9-6-5-7-10-14/h5-7,9-10,13H,4,8,11-12H2,1-3H3,(H,20,23). The van der Waals surface area contributed by atoms with Crippen molar-refractivity contribution in [3.63, 3.8) is 0 Å². The Bertz CT molecular complexity index is 686. The summed E-state index contributed by atoms with van der Waals surface area (Å²) in [7, 11) is 0. The maximum absolute atomic E-state index is 12.4. The molecule has 0 saturated carbocycles. The van der Waals surface area contributed by atoms with Gasteiger partial charge < -0.3 is 14.8 Å². The van der Waals surface area contributed by atoms with Gasteiger partial charge >= 0.3 is 0 Å². The van der Waals surface area contributed by atoms with Crippen LogP contribution in [0.15, 0.2) is 41.0 Å². The summed E-state index contributed by atoms with van der Waals surface area (Å²) < 4.78 is 13.5. The van der Waals surface area contributed by atoms with E-state index >= 15 is 0 Å². The van der Waals surface area contributed by atoms with E-state index in [9.17, 15) is 4.79 Å². The van der Waals surface area contributed by atoms with Gasteiger partial charge in [-0.2, -0.15) is 0 Å². The average molecular weight is 410 g/mol. The molecule has 0 bridgehead atoms. The van der Waals surface area contributed by atoms with E-state index in [4.69, 9.17) is 9.47 Å². The Balaban J connectivity index is 1.98. The van der Waals surface area contributed by atoms with E-state index in [1.165, 1.54) is 0 Å². The third-order valence-electron chi connectivity index (χ3n) is 3.51. The van der Waals surface area contributed by atoms with Gasteiger partial charge in [0, 0.05) is 26.0 Å². The number of ether oxygens (including phenoxy) is 2. The SMILES string of the molecule is CCOCCCNC(=O)C(C)(C)Oc1nn(-c2ccccc2)cc1Br. The van der Waals surface area contributed by atoms with E-state index in [1.807, 2.05) is 37.3 Å². The molecule has 0 radical (unpaired) electrons. The predicted octanol–water partition coefficient (Wildman–Crippen LogP) is 3.34. The molecule has 136 valence electrons. The fraction of sp³-hybridized carbons (Fsp3) is 0.444. The molecule has 1 aromatic carbocycles. The summed E-state index contributed by atoms with van der Waals surface area (Å²) >= 11 is 3.44.